The maximum absolute atomic E-state index is 11.3. The molecule has 0 radical (unpaired) electrons. The second-order valence-corrected chi connectivity index (χ2v) is 5.58. The van der Waals surface area contributed by atoms with Gasteiger partial charge >= 0.3 is 5.97 Å². The summed E-state index contributed by atoms with van der Waals surface area (Å²) in [6, 6.07) is 8.33. The topological polar surface area (TPSA) is 52.3 Å². The zero-order chi connectivity index (χ0) is 13.8. The van der Waals surface area contributed by atoms with E-state index in [0.717, 1.165) is 5.56 Å². The molecular formula is C15H23NO2. The fraction of sp³-hybridized carbons (Fsp3) is 0.533. The highest BCUT2D eigenvalue weighted by molar-refractivity contribution is 5.70. The lowest BCUT2D eigenvalue weighted by atomic mass is 9.85. The average molecular weight is 249 g/mol. The van der Waals surface area contributed by atoms with E-state index in [1.165, 1.54) is 12.7 Å². The number of hydrogen-bond acceptors (Lipinski definition) is 3. The van der Waals surface area contributed by atoms with E-state index in [0.29, 0.717) is 13.0 Å². The van der Waals surface area contributed by atoms with Crippen LogP contribution in [0.3, 0.4) is 0 Å². The van der Waals surface area contributed by atoms with Crippen molar-refractivity contribution in [1.82, 2.24) is 0 Å². The van der Waals surface area contributed by atoms with Gasteiger partial charge < -0.3 is 10.5 Å². The molecule has 0 aromatic heterocycles. The normalized spacial score (nSPS) is 13.2. The number of ether oxygens (including phenoxy) is 1. The minimum Gasteiger partial charge on any atom is -0.469 e. The van der Waals surface area contributed by atoms with E-state index in [1.54, 1.807) is 0 Å². The summed E-state index contributed by atoms with van der Waals surface area (Å²) in [5.41, 5.74) is 8.23. The third kappa shape index (κ3) is 3.84. The third-order valence-corrected chi connectivity index (χ3v) is 3.17. The number of carbonyl (C=O) groups is 1. The van der Waals surface area contributed by atoms with Gasteiger partial charge in [-0.15, -0.1) is 0 Å². The second kappa shape index (κ2) is 6.01. The van der Waals surface area contributed by atoms with Crippen molar-refractivity contribution in [3.63, 3.8) is 0 Å². The van der Waals surface area contributed by atoms with Gasteiger partial charge in [0.25, 0.3) is 0 Å². The van der Waals surface area contributed by atoms with Crippen molar-refractivity contribution >= 4 is 5.97 Å². The van der Waals surface area contributed by atoms with Crippen molar-refractivity contribution in [2.75, 3.05) is 13.7 Å². The minimum absolute atomic E-state index is 0.0338. The van der Waals surface area contributed by atoms with E-state index < -0.39 is 0 Å². The number of rotatable bonds is 4. The first-order valence-corrected chi connectivity index (χ1v) is 6.25. The Morgan fingerprint density at radius 3 is 2.22 bits per heavy atom. The van der Waals surface area contributed by atoms with Crippen LogP contribution in [-0.4, -0.2) is 19.6 Å². The molecule has 1 aromatic rings. The summed E-state index contributed by atoms with van der Waals surface area (Å²) in [6.45, 7) is 6.98. The van der Waals surface area contributed by atoms with Gasteiger partial charge in [-0.2, -0.15) is 0 Å². The Morgan fingerprint density at radius 1 is 1.28 bits per heavy atom. The van der Waals surface area contributed by atoms with Gasteiger partial charge in [-0.05, 0) is 23.1 Å². The lowest BCUT2D eigenvalue weighted by Gasteiger charge is -2.20. The predicted molar refractivity (Wildman–Crippen MR) is 73.6 cm³/mol. The molecule has 0 amide bonds. The van der Waals surface area contributed by atoms with Gasteiger partial charge in [-0.25, -0.2) is 0 Å². The summed E-state index contributed by atoms with van der Waals surface area (Å²) in [5, 5.41) is 0. The van der Waals surface area contributed by atoms with Crippen LogP contribution in [0.25, 0.3) is 0 Å². The average Bonchev–Trinajstić information content (AvgIpc) is 2.34. The maximum Gasteiger partial charge on any atom is 0.306 e. The number of benzene rings is 1. The summed E-state index contributed by atoms with van der Waals surface area (Å²) in [6.07, 6.45) is 0.335. The molecule has 1 unspecified atom stereocenters. The van der Waals surface area contributed by atoms with E-state index >= 15 is 0 Å². The Labute approximate surface area is 109 Å². The van der Waals surface area contributed by atoms with Crippen molar-refractivity contribution in [1.29, 1.82) is 0 Å². The largest absolute Gasteiger partial charge is 0.469 e. The van der Waals surface area contributed by atoms with Crippen LogP contribution in [0.15, 0.2) is 24.3 Å². The van der Waals surface area contributed by atoms with Crippen LogP contribution >= 0.6 is 0 Å². The number of nitrogens with two attached hydrogens (primary N) is 1. The van der Waals surface area contributed by atoms with E-state index in [4.69, 9.17) is 5.73 Å². The quantitative estimate of drug-likeness (QED) is 0.834. The van der Waals surface area contributed by atoms with Gasteiger partial charge in [0, 0.05) is 5.92 Å². The zero-order valence-corrected chi connectivity index (χ0v) is 11.7. The van der Waals surface area contributed by atoms with Crippen LogP contribution in [0.5, 0.6) is 0 Å². The van der Waals surface area contributed by atoms with Crippen molar-refractivity contribution in [3.8, 4) is 0 Å². The molecule has 0 fully saturated rings. The van der Waals surface area contributed by atoms with Crippen molar-refractivity contribution in [2.45, 2.75) is 38.5 Å². The molecule has 0 saturated carbocycles. The van der Waals surface area contributed by atoms with Gasteiger partial charge in [-0.3, -0.25) is 4.79 Å². The highest BCUT2D eigenvalue weighted by Gasteiger charge is 2.17. The molecule has 0 aliphatic rings. The van der Waals surface area contributed by atoms with Crippen LogP contribution in [0.2, 0.25) is 0 Å². The standard InChI is InChI=1S/C15H23NO2/c1-15(2,3)13-7-5-11(6-8-13)12(10-16)9-14(17)18-4/h5-8,12H,9-10,16H2,1-4H3. The van der Waals surface area contributed by atoms with Crippen LogP contribution in [0, 0.1) is 0 Å². The summed E-state index contributed by atoms with van der Waals surface area (Å²) in [4.78, 5) is 11.3. The smallest absolute Gasteiger partial charge is 0.306 e. The van der Waals surface area contributed by atoms with E-state index in [-0.39, 0.29) is 17.3 Å². The molecule has 0 heterocycles. The first-order chi connectivity index (χ1) is 8.38. The minimum atomic E-state index is -0.217. The first-order valence-electron chi connectivity index (χ1n) is 6.25. The lowest BCUT2D eigenvalue weighted by molar-refractivity contribution is -0.141. The third-order valence-electron chi connectivity index (χ3n) is 3.17. The molecule has 100 valence electrons. The number of methoxy groups -OCH3 is 1. The summed E-state index contributed by atoms with van der Waals surface area (Å²) in [7, 11) is 1.40. The monoisotopic (exact) mass is 249 g/mol. The first kappa shape index (κ1) is 14.7. The summed E-state index contributed by atoms with van der Waals surface area (Å²) >= 11 is 0. The van der Waals surface area contributed by atoms with E-state index in [9.17, 15) is 4.79 Å². The second-order valence-electron chi connectivity index (χ2n) is 5.58. The van der Waals surface area contributed by atoms with Crippen LogP contribution < -0.4 is 5.73 Å². The van der Waals surface area contributed by atoms with Gasteiger partial charge in [0.15, 0.2) is 0 Å². The molecule has 1 atom stereocenters. The maximum atomic E-state index is 11.3. The highest BCUT2D eigenvalue weighted by Crippen LogP contribution is 2.25. The van der Waals surface area contributed by atoms with Crippen LogP contribution in [0.1, 0.15) is 44.2 Å². The Kier molecular flexibility index (Phi) is 4.91. The summed E-state index contributed by atoms with van der Waals surface area (Å²) in [5.74, 6) is -0.184. The van der Waals surface area contributed by atoms with Gasteiger partial charge in [0.2, 0.25) is 0 Å². The van der Waals surface area contributed by atoms with Gasteiger partial charge in [-0.1, -0.05) is 45.0 Å². The number of carbonyl (C=O) groups excluding carboxylic acids is 1. The zero-order valence-electron chi connectivity index (χ0n) is 11.7. The molecule has 0 bridgehead atoms. The molecule has 3 heteroatoms. The Hall–Kier alpha value is -1.35. The lowest BCUT2D eigenvalue weighted by Crippen LogP contribution is -2.18. The molecular weight excluding hydrogens is 226 g/mol. The molecule has 0 aliphatic heterocycles. The molecule has 0 saturated heterocycles. The molecule has 0 spiro atoms. The van der Waals surface area contributed by atoms with Crippen LogP contribution in [0.4, 0.5) is 0 Å². The molecule has 1 rings (SSSR count). The van der Waals surface area contributed by atoms with Gasteiger partial charge in [0.1, 0.15) is 0 Å². The van der Waals surface area contributed by atoms with E-state index in [2.05, 4.69) is 49.8 Å². The molecule has 0 aliphatic carbocycles. The summed E-state index contributed by atoms with van der Waals surface area (Å²) < 4.78 is 4.69. The number of esters is 1. The SMILES string of the molecule is COC(=O)CC(CN)c1ccc(C(C)(C)C)cc1. The van der Waals surface area contributed by atoms with Crippen LogP contribution in [-0.2, 0) is 14.9 Å². The Bertz CT molecular complexity index is 390. The number of hydrogen-bond donors (Lipinski definition) is 1. The van der Waals surface area contributed by atoms with Crippen molar-refractivity contribution in [3.05, 3.63) is 35.4 Å². The Balaban J connectivity index is 2.85. The molecule has 3 nitrogen and oxygen atoms in total. The van der Waals surface area contributed by atoms with E-state index in [1.807, 2.05) is 0 Å². The van der Waals surface area contributed by atoms with Gasteiger partial charge in [0.05, 0.1) is 13.5 Å². The fourth-order valence-electron chi connectivity index (χ4n) is 1.88. The Morgan fingerprint density at radius 2 is 1.83 bits per heavy atom. The highest BCUT2D eigenvalue weighted by atomic mass is 16.5. The molecule has 1 aromatic carbocycles. The van der Waals surface area contributed by atoms with Crippen molar-refractivity contribution < 1.29 is 9.53 Å². The molecule has 18 heavy (non-hydrogen) atoms. The molecule has 2 N–H and O–H groups in total. The fourth-order valence-corrected chi connectivity index (χ4v) is 1.88. The van der Waals surface area contributed by atoms with Crippen molar-refractivity contribution in [2.24, 2.45) is 5.73 Å². The predicted octanol–water partition coefficient (Wildman–Crippen LogP) is 2.59.